The lowest BCUT2D eigenvalue weighted by Crippen LogP contribution is -2.48. The van der Waals surface area contributed by atoms with Crippen LogP contribution < -0.4 is 0 Å². The maximum absolute atomic E-state index is 12.4. The molecule has 0 unspecified atom stereocenters. The molecule has 0 amide bonds. The van der Waals surface area contributed by atoms with Gasteiger partial charge in [0, 0.05) is 23.7 Å². The molecule has 0 heterocycles. The zero-order valence-corrected chi connectivity index (χ0v) is 27.4. The van der Waals surface area contributed by atoms with Crippen molar-refractivity contribution < 1.29 is 14.7 Å². The van der Waals surface area contributed by atoms with E-state index in [1.54, 1.807) is 11.1 Å². The van der Waals surface area contributed by atoms with Gasteiger partial charge in [-0.15, -0.1) is 0 Å². The van der Waals surface area contributed by atoms with Crippen molar-refractivity contribution >= 4 is 11.6 Å². The molecule has 0 aromatic heterocycles. The lowest BCUT2D eigenvalue weighted by Gasteiger charge is -2.56. The summed E-state index contributed by atoms with van der Waals surface area (Å²) >= 11 is 0. The molecule has 0 aliphatic heterocycles. The first-order valence-electron chi connectivity index (χ1n) is 18.1. The molecule has 0 aromatic rings. The third-order valence-corrected chi connectivity index (χ3v) is 15.7. The number of Topliss-reactive ketones (excluding diaryl/α,β-unsaturated/α-hetero) is 2. The number of aliphatic hydroxyl groups excluding tert-OH is 1. The average Bonchev–Trinajstić information content (AvgIpc) is 3.44. The first-order chi connectivity index (χ1) is 19.9. The van der Waals surface area contributed by atoms with Crippen LogP contribution in [-0.4, -0.2) is 22.8 Å². The van der Waals surface area contributed by atoms with Crippen LogP contribution in [0.2, 0.25) is 0 Å². The van der Waals surface area contributed by atoms with Gasteiger partial charge in [-0.1, -0.05) is 57.9 Å². The summed E-state index contributed by atoms with van der Waals surface area (Å²) < 4.78 is 0. The predicted molar refractivity (Wildman–Crippen MR) is 169 cm³/mol. The van der Waals surface area contributed by atoms with E-state index in [0.717, 1.165) is 75.5 Å². The molecule has 3 nitrogen and oxygen atoms in total. The highest BCUT2D eigenvalue weighted by Gasteiger charge is 2.58. The molecular weight excluding hydrogens is 516 g/mol. The fraction of sp³-hybridized carbons (Fsp3) is 0.846. The maximum Gasteiger partial charge on any atom is 0.139 e. The number of fused-ring (bicyclic) bond motifs is 10. The van der Waals surface area contributed by atoms with Crippen LogP contribution in [0, 0.1) is 63.1 Å². The molecule has 8 rings (SSSR count). The summed E-state index contributed by atoms with van der Waals surface area (Å²) in [7, 11) is 0. The molecule has 1 N–H and O–H groups in total. The highest BCUT2D eigenvalue weighted by Crippen LogP contribution is 2.65. The van der Waals surface area contributed by atoms with E-state index in [4.69, 9.17) is 0 Å². The zero-order chi connectivity index (χ0) is 29.7. The molecule has 8 aliphatic rings. The Labute approximate surface area is 255 Å². The van der Waals surface area contributed by atoms with Crippen LogP contribution in [0.5, 0.6) is 0 Å². The summed E-state index contributed by atoms with van der Waals surface area (Å²) in [6, 6.07) is 0. The highest BCUT2D eigenvalue weighted by molar-refractivity contribution is 5.88. The van der Waals surface area contributed by atoms with Crippen molar-refractivity contribution in [1.82, 2.24) is 0 Å². The topological polar surface area (TPSA) is 54.4 Å². The van der Waals surface area contributed by atoms with Gasteiger partial charge in [0.15, 0.2) is 0 Å². The minimum Gasteiger partial charge on any atom is -0.393 e. The Morgan fingerprint density at radius 2 is 1.10 bits per heavy atom. The molecule has 0 radical (unpaired) electrons. The van der Waals surface area contributed by atoms with Gasteiger partial charge in [0.1, 0.15) is 11.6 Å². The molecule has 12 atom stereocenters. The van der Waals surface area contributed by atoms with Crippen LogP contribution in [0.15, 0.2) is 23.3 Å². The first-order valence-corrected chi connectivity index (χ1v) is 18.1. The molecule has 3 heteroatoms. The van der Waals surface area contributed by atoms with E-state index in [0.29, 0.717) is 46.1 Å². The van der Waals surface area contributed by atoms with Crippen molar-refractivity contribution in [3.63, 3.8) is 0 Å². The van der Waals surface area contributed by atoms with E-state index in [2.05, 4.69) is 46.8 Å². The van der Waals surface area contributed by atoms with Gasteiger partial charge in [0.2, 0.25) is 0 Å². The average molecular weight is 575 g/mol. The molecule has 0 saturated heterocycles. The lowest BCUT2D eigenvalue weighted by molar-refractivity contribution is -0.128. The summed E-state index contributed by atoms with van der Waals surface area (Å²) in [5.41, 5.74) is 4.13. The van der Waals surface area contributed by atoms with Crippen molar-refractivity contribution in [3.8, 4) is 0 Å². The Bertz CT molecular complexity index is 1100. The Hall–Kier alpha value is -1.22. The largest absolute Gasteiger partial charge is 0.393 e. The smallest absolute Gasteiger partial charge is 0.139 e. The molecular formula is C39H58O3. The molecule has 42 heavy (non-hydrogen) atoms. The number of rotatable bonds is 0. The second-order valence-electron chi connectivity index (χ2n) is 17.6. The summed E-state index contributed by atoms with van der Waals surface area (Å²) in [6.45, 7) is 11.9. The second kappa shape index (κ2) is 10.1. The number of carbonyl (C=O) groups excluding carboxylic acids is 2. The minimum atomic E-state index is -0.0814. The van der Waals surface area contributed by atoms with E-state index in [9.17, 15) is 14.7 Å². The number of hydrogen-bond donors (Lipinski definition) is 1. The van der Waals surface area contributed by atoms with E-state index >= 15 is 0 Å². The normalized spacial score (nSPS) is 52.7. The third kappa shape index (κ3) is 4.20. The zero-order valence-electron chi connectivity index (χ0n) is 27.4. The highest BCUT2D eigenvalue weighted by atomic mass is 16.3. The monoisotopic (exact) mass is 574 g/mol. The third-order valence-electron chi connectivity index (χ3n) is 15.7. The van der Waals surface area contributed by atoms with Crippen LogP contribution in [0.3, 0.4) is 0 Å². The molecule has 6 saturated carbocycles. The van der Waals surface area contributed by atoms with Gasteiger partial charge in [0.05, 0.1) is 6.10 Å². The van der Waals surface area contributed by atoms with Gasteiger partial charge in [-0.3, -0.25) is 9.59 Å². The molecule has 0 bridgehead atoms. The number of aliphatic hydroxyl groups is 1. The van der Waals surface area contributed by atoms with Gasteiger partial charge in [-0.05, 0) is 142 Å². The molecule has 6 fully saturated rings. The van der Waals surface area contributed by atoms with Gasteiger partial charge < -0.3 is 5.11 Å². The first kappa shape index (κ1) is 29.5. The van der Waals surface area contributed by atoms with Crippen LogP contribution in [-0.2, 0) is 9.59 Å². The Balaban J connectivity index is 0.000000137. The van der Waals surface area contributed by atoms with Gasteiger partial charge in [-0.25, -0.2) is 0 Å². The van der Waals surface area contributed by atoms with Gasteiger partial charge in [0.25, 0.3) is 0 Å². The van der Waals surface area contributed by atoms with E-state index in [1.807, 2.05) is 0 Å². The number of hydrogen-bond acceptors (Lipinski definition) is 3. The molecule has 232 valence electrons. The summed E-state index contributed by atoms with van der Waals surface area (Å²) in [5, 5.41) is 10.0. The van der Waals surface area contributed by atoms with Crippen LogP contribution in [0.25, 0.3) is 0 Å². The fourth-order valence-corrected chi connectivity index (χ4v) is 12.8. The van der Waals surface area contributed by atoms with E-state index in [1.165, 1.54) is 44.9 Å². The Morgan fingerprint density at radius 3 is 1.62 bits per heavy atom. The van der Waals surface area contributed by atoms with E-state index < -0.39 is 0 Å². The van der Waals surface area contributed by atoms with Crippen LogP contribution in [0.4, 0.5) is 0 Å². The SMILES string of the molecule is C[C@@H]1CC[C@]2(C)C3=CC[C@]4(C)C(=O)CC[C@H]4[C@@H]3CC[C@@H]2C1.C[C@]12CC[C@@H](O)C[C@H]1CC[C@@H]1C2=CC[C@]2(C)C(=O)CC[C@@H]12. The van der Waals surface area contributed by atoms with E-state index in [-0.39, 0.29) is 16.9 Å². The van der Waals surface area contributed by atoms with Crippen LogP contribution >= 0.6 is 0 Å². The van der Waals surface area contributed by atoms with Crippen molar-refractivity contribution in [1.29, 1.82) is 0 Å². The molecule has 0 spiro atoms. The Morgan fingerprint density at radius 1 is 0.619 bits per heavy atom. The van der Waals surface area contributed by atoms with Gasteiger partial charge >= 0.3 is 0 Å². The van der Waals surface area contributed by atoms with Crippen molar-refractivity contribution in [2.45, 2.75) is 143 Å². The fourth-order valence-electron chi connectivity index (χ4n) is 12.8. The second-order valence-corrected chi connectivity index (χ2v) is 17.6. The summed E-state index contributed by atoms with van der Waals surface area (Å²) in [6.07, 6.45) is 23.4. The van der Waals surface area contributed by atoms with Crippen LogP contribution in [0.1, 0.15) is 137 Å². The van der Waals surface area contributed by atoms with Crippen molar-refractivity contribution in [2.24, 2.45) is 63.1 Å². The van der Waals surface area contributed by atoms with Crippen molar-refractivity contribution in [3.05, 3.63) is 23.3 Å². The number of carbonyl (C=O) groups is 2. The summed E-state index contributed by atoms with van der Waals surface area (Å²) in [4.78, 5) is 24.7. The molecule has 8 aliphatic carbocycles. The quantitative estimate of drug-likeness (QED) is 0.294. The molecule has 0 aromatic carbocycles. The predicted octanol–water partition coefficient (Wildman–Crippen LogP) is 9.03. The lowest BCUT2D eigenvalue weighted by atomic mass is 9.49. The maximum atomic E-state index is 12.4. The van der Waals surface area contributed by atoms with Crippen molar-refractivity contribution in [2.75, 3.05) is 0 Å². The standard InChI is InChI=1S/C20H30O.C19H28O2/c1-13-8-10-19(2)14(12-13)4-5-15-16-6-7-18(21)20(16,3)11-9-17(15)19;1-18-9-7-13(20)11-12(18)3-4-14-15-5-6-17(21)19(15,2)10-8-16(14)18/h9,13-16H,4-8,10-12H2,1-3H3;8,12-15,20H,3-7,9-11H2,1-2H3/t13-,14-,15+,16+,19+,20+;12-,13-,14+,15+,18+,19+/m11/s1. The minimum absolute atomic E-state index is 0.0146. The summed E-state index contributed by atoms with van der Waals surface area (Å²) in [5.74, 6) is 6.16. The Kier molecular flexibility index (Phi) is 7.13. The number of ketones is 2. The van der Waals surface area contributed by atoms with Gasteiger partial charge in [-0.2, -0.15) is 0 Å². The number of allylic oxidation sites excluding steroid dienone is 4.